The van der Waals surface area contributed by atoms with Gasteiger partial charge < -0.3 is 15.4 Å². The van der Waals surface area contributed by atoms with Crippen molar-refractivity contribution in [2.75, 3.05) is 18.4 Å². The van der Waals surface area contributed by atoms with Crippen LogP contribution in [0.1, 0.15) is 25.8 Å². The summed E-state index contributed by atoms with van der Waals surface area (Å²) in [6.45, 7) is 5.88. The van der Waals surface area contributed by atoms with Crippen molar-refractivity contribution in [2.24, 2.45) is 5.14 Å². The highest BCUT2D eigenvalue weighted by molar-refractivity contribution is 7.82. The number of rotatable bonds is 7. The Labute approximate surface area is 189 Å². The molecule has 0 saturated carbocycles. The first kappa shape index (κ1) is 21.7. The maximum Gasteiger partial charge on any atom is 0.187 e. The van der Waals surface area contributed by atoms with E-state index in [1.807, 2.05) is 19.2 Å². The highest BCUT2D eigenvalue weighted by atomic mass is 32.2. The number of anilines is 2. The monoisotopic (exact) mass is 454 g/mol. The molecule has 1 aliphatic heterocycles. The van der Waals surface area contributed by atoms with Gasteiger partial charge in [0, 0.05) is 17.5 Å². The van der Waals surface area contributed by atoms with Gasteiger partial charge in [0.05, 0.1) is 22.4 Å². The highest BCUT2D eigenvalue weighted by Crippen LogP contribution is 2.33. The molecule has 0 fully saturated rings. The fourth-order valence-electron chi connectivity index (χ4n) is 3.41. The molecule has 0 radical (unpaired) electrons. The summed E-state index contributed by atoms with van der Waals surface area (Å²) in [5.41, 5.74) is 5.32. The van der Waals surface area contributed by atoms with Crippen LogP contribution < -0.4 is 20.5 Å². The Kier molecular flexibility index (Phi) is 6.82. The summed E-state index contributed by atoms with van der Waals surface area (Å²) in [6, 6.07) is 13.8. The maximum absolute atomic E-state index is 11.7. The Morgan fingerprint density at radius 3 is 2.65 bits per heavy atom. The summed E-state index contributed by atoms with van der Waals surface area (Å²) in [4.78, 5) is 5.26. The van der Waals surface area contributed by atoms with E-state index < -0.39 is 11.0 Å². The molecule has 2 heterocycles. The minimum absolute atomic E-state index is 0.00945. The molecule has 4 rings (SSSR count). The number of hydrogen-bond acceptors (Lipinski definition) is 6. The van der Waals surface area contributed by atoms with Crippen molar-refractivity contribution >= 4 is 38.7 Å². The molecular formula is C23H26N4O2S2. The molecule has 162 valence electrons. The van der Waals surface area contributed by atoms with Crippen LogP contribution in [0.2, 0.25) is 0 Å². The van der Waals surface area contributed by atoms with Crippen molar-refractivity contribution in [3.8, 4) is 17.0 Å². The molecule has 2 aromatic carbocycles. The number of aromatic nitrogens is 1. The van der Waals surface area contributed by atoms with Gasteiger partial charge in [-0.2, -0.15) is 0 Å². The second-order valence-electron chi connectivity index (χ2n) is 7.55. The fraction of sp³-hybridized carbons (Fsp3) is 0.261. The molecule has 1 unspecified atom stereocenters. The number of hydrogen-bond donors (Lipinski definition) is 3. The number of ether oxygens (including phenoxy) is 1. The molecule has 0 spiro atoms. The van der Waals surface area contributed by atoms with Gasteiger partial charge in [-0.3, -0.25) is 0 Å². The first-order valence-electron chi connectivity index (χ1n) is 10.2. The number of nitrogens with one attached hydrogen (secondary N) is 2. The molecule has 0 amide bonds. The molecule has 1 aromatic heterocycles. The van der Waals surface area contributed by atoms with Crippen LogP contribution in [-0.2, 0) is 11.0 Å². The smallest absolute Gasteiger partial charge is 0.187 e. The van der Waals surface area contributed by atoms with Crippen LogP contribution in [0.4, 0.5) is 10.8 Å². The average Bonchev–Trinajstić information content (AvgIpc) is 3.24. The third-order valence-electron chi connectivity index (χ3n) is 4.91. The topological polar surface area (TPSA) is 89.3 Å². The van der Waals surface area contributed by atoms with Gasteiger partial charge in [0.1, 0.15) is 16.7 Å². The number of thiazole rings is 1. The number of nitrogens with two attached hydrogens (primary N) is 1. The van der Waals surface area contributed by atoms with Crippen LogP contribution in [-0.4, -0.2) is 28.4 Å². The standard InChI is InChI=1S/C23H26N4O2S2/c1-15(2)29-22-8-7-19(31(24)28)13-20(22)26-23-27-21(14-30-23)18-5-3-16(4-6-18)17-9-11-25-12-10-17/h3-9,13-15,25H,10-12,24H2,1-2H3,(H,26,27). The van der Waals surface area contributed by atoms with Crippen molar-refractivity contribution in [3.05, 3.63) is 59.5 Å². The van der Waals surface area contributed by atoms with E-state index in [0.717, 1.165) is 35.9 Å². The van der Waals surface area contributed by atoms with Crippen molar-refractivity contribution < 1.29 is 8.95 Å². The van der Waals surface area contributed by atoms with Crippen LogP contribution in [0.15, 0.2) is 58.8 Å². The molecule has 0 saturated heterocycles. The fourth-order valence-corrected chi connectivity index (χ4v) is 4.58. The van der Waals surface area contributed by atoms with E-state index in [4.69, 9.17) is 14.9 Å². The van der Waals surface area contributed by atoms with Gasteiger partial charge >= 0.3 is 0 Å². The minimum atomic E-state index is -1.57. The zero-order valence-corrected chi connectivity index (χ0v) is 19.2. The van der Waals surface area contributed by atoms with Gasteiger partial charge in [-0.15, -0.1) is 11.3 Å². The lowest BCUT2D eigenvalue weighted by Crippen LogP contribution is -2.19. The van der Waals surface area contributed by atoms with Gasteiger partial charge in [0.25, 0.3) is 0 Å². The summed E-state index contributed by atoms with van der Waals surface area (Å²) < 4.78 is 17.6. The molecule has 3 aromatic rings. The Balaban J connectivity index is 1.54. The number of nitrogens with zero attached hydrogens (tertiary/aromatic N) is 1. The molecule has 4 N–H and O–H groups in total. The third-order valence-corrected chi connectivity index (χ3v) is 6.38. The molecule has 0 bridgehead atoms. The van der Waals surface area contributed by atoms with Gasteiger partial charge in [-0.05, 0) is 56.1 Å². The largest absolute Gasteiger partial charge is 0.489 e. The molecular weight excluding hydrogens is 428 g/mol. The predicted molar refractivity (Wildman–Crippen MR) is 129 cm³/mol. The van der Waals surface area contributed by atoms with Gasteiger partial charge in [0.2, 0.25) is 0 Å². The summed E-state index contributed by atoms with van der Waals surface area (Å²) in [6.07, 6.45) is 3.32. The molecule has 1 atom stereocenters. The van der Waals surface area contributed by atoms with E-state index in [2.05, 4.69) is 41.0 Å². The van der Waals surface area contributed by atoms with Crippen LogP contribution in [0.25, 0.3) is 16.8 Å². The average molecular weight is 455 g/mol. The van der Waals surface area contributed by atoms with E-state index in [1.165, 1.54) is 22.5 Å². The van der Waals surface area contributed by atoms with Crippen molar-refractivity contribution in [2.45, 2.75) is 31.3 Å². The number of benzene rings is 2. The maximum atomic E-state index is 11.7. The van der Waals surface area contributed by atoms with Crippen LogP contribution in [0.3, 0.4) is 0 Å². The first-order chi connectivity index (χ1) is 15.0. The van der Waals surface area contributed by atoms with E-state index in [0.29, 0.717) is 16.3 Å². The Morgan fingerprint density at radius 2 is 1.97 bits per heavy atom. The van der Waals surface area contributed by atoms with Crippen molar-refractivity contribution in [1.29, 1.82) is 0 Å². The lowest BCUT2D eigenvalue weighted by molar-refractivity contribution is 0.243. The lowest BCUT2D eigenvalue weighted by atomic mass is 9.99. The molecule has 6 nitrogen and oxygen atoms in total. The Bertz CT molecular complexity index is 1110. The van der Waals surface area contributed by atoms with Crippen LogP contribution >= 0.6 is 11.3 Å². The van der Waals surface area contributed by atoms with Gasteiger partial charge in [0.15, 0.2) is 5.13 Å². The highest BCUT2D eigenvalue weighted by Gasteiger charge is 2.13. The summed E-state index contributed by atoms with van der Waals surface area (Å²) >= 11 is 1.51. The van der Waals surface area contributed by atoms with E-state index >= 15 is 0 Å². The summed E-state index contributed by atoms with van der Waals surface area (Å²) in [5, 5.41) is 15.0. The SMILES string of the molecule is CC(C)Oc1ccc(S(N)=O)cc1Nc1nc(-c2ccc(C3=CCNCC3)cc2)cs1. The molecule has 31 heavy (non-hydrogen) atoms. The van der Waals surface area contributed by atoms with Crippen molar-refractivity contribution in [3.63, 3.8) is 0 Å². The molecule has 1 aliphatic rings. The van der Waals surface area contributed by atoms with Gasteiger partial charge in [-0.1, -0.05) is 30.3 Å². The van der Waals surface area contributed by atoms with Crippen molar-refractivity contribution in [1.82, 2.24) is 10.3 Å². The third kappa shape index (κ3) is 5.40. The zero-order chi connectivity index (χ0) is 21.8. The zero-order valence-electron chi connectivity index (χ0n) is 17.6. The van der Waals surface area contributed by atoms with E-state index in [1.54, 1.807) is 18.2 Å². The molecule has 0 aliphatic carbocycles. The Hall–Kier alpha value is -2.52. The summed E-state index contributed by atoms with van der Waals surface area (Å²) in [7, 11) is -1.57. The quantitative estimate of drug-likeness (QED) is 0.482. The Morgan fingerprint density at radius 1 is 1.19 bits per heavy atom. The minimum Gasteiger partial charge on any atom is -0.489 e. The predicted octanol–water partition coefficient (Wildman–Crippen LogP) is 4.70. The van der Waals surface area contributed by atoms with Gasteiger partial charge in [-0.25, -0.2) is 14.3 Å². The normalized spacial score (nSPS) is 14.9. The van der Waals surface area contributed by atoms with Crippen LogP contribution in [0, 0.1) is 0 Å². The first-order valence-corrected chi connectivity index (χ1v) is 12.3. The second kappa shape index (κ2) is 9.74. The van der Waals surface area contributed by atoms with Crippen LogP contribution in [0.5, 0.6) is 5.75 Å². The molecule has 8 heteroatoms. The van der Waals surface area contributed by atoms with E-state index in [9.17, 15) is 4.21 Å². The second-order valence-corrected chi connectivity index (χ2v) is 9.47. The van der Waals surface area contributed by atoms with E-state index in [-0.39, 0.29) is 6.10 Å². The summed E-state index contributed by atoms with van der Waals surface area (Å²) in [5.74, 6) is 0.667. The lowest BCUT2D eigenvalue weighted by Gasteiger charge is -2.15.